The summed E-state index contributed by atoms with van der Waals surface area (Å²) in [5.41, 5.74) is 3.27. The molecular weight excluding hydrogens is 295 g/mol. The molecule has 0 spiro atoms. The first-order chi connectivity index (χ1) is 8.84. The maximum atomic E-state index is 4.38. The van der Waals surface area contributed by atoms with Crippen LogP contribution in [0.2, 0.25) is 0 Å². The Morgan fingerprint density at radius 1 is 1.05 bits per heavy atom. The van der Waals surface area contributed by atoms with Gasteiger partial charge in [0.1, 0.15) is 0 Å². The fraction of sp³-hybridized carbons (Fsp3) is 0.429. The summed E-state index contributed by atoms with van der Waals surface area (Å²) in [5.74, 6) is 0. The lowest BCUT2D eigenvalue weighted by Gasteiger charge is -2.33. The quantitative estimate of drug-likeness (QED) is 0.924. The molecule has 1 saturated heterocycles. The van der Waals surface area contributed by atoms with Crippen LogP contribution < -0.4 is 5.32 Å². The highest BCUT2D eigenvalue weighted by Crippen LogP contribution is 2.22. The first kappa shape index (κ1) is 17.1. The van der Waals surface area contributed by atoms with E-state index < -0.39 is 0 Å². The molecule has 6 heteroatoms. The maximum Gasteiger partial charge on any atom is 0.0890 e. The number of hydrogen-bond acceptors (Lipinski definition) is 4. The molecule has 0 radical (unpaired) electrons. The van der Waals surface area contributed by atoms with Gasteiger partial charge in [0.15, 0.2) is 0 Å². The van der Waals surface area contributed by atoms with E-state index >= 15 is 0 Å². The van der Waals surface area contributed by atoms with Crippen LogP contribution in [-0.2, 0) is 0 Å². The number of nitrogens with zero attached hydrogens (tertiary/aromatic N) is 3. The third kappa shape index (κ3) is 3.58. The van der Waals surface area contributed by atoms with Crippen molar-refractivity contribution in [3.05, 3.63) is 36.2 Å². The molecule has 1 aromatic heterocycles. The fourth-order valence-electron chi connectivity index (χ4n) is 2.52. The molecule has 20 heavy (non-hydrogen) atoms. The van der Waals surface area contributed by atoms with Crippen LogP contribution in [0.5, 0.6) is 0 Å². The molecule has 0 bridgehead atoms. The molecule has 3 rings (SSSR count). The van der Waals surface area contributed by atoms with E-state index in [9.17, 15) is 0 Å². The highest BCUT2D eigenvalue weighted by molar-refractivity contribution is 5.85. The van der Waals surface area contributed by atoms with Crippen LogP contribution in [0.4, 0.5) is 0 Å². The van der Waals surface area contributed by atoms with Gasteiger partial charge in [-0.2, -0.15) is 0 Å². The van der Waals surface area contributed by atoms with Crippen molar-refractivity contribution in [3.63, 3.8) is 0 Å². The molecule has 2 aromatic rings. The second-order valence-electron chi connectivity index (χ2n) is 4.77. The first-order valence-electron chi connectivity index (χ1n) is 6.50. The van der Waals surface area contributed by atoms with E-state index in [4.69, 9.17) is 0 Å². The Kier molecular flexibility index (Phi) is 6.62. The van der Waals surface area contributed by atoms with Crippen molar-refractivity contribution in [3.8, 4) is 0 Å². The number of nitrogens with one attached hydrogen (secondary N) is 1. The second kappa shape index (κ2) is 7.74. The van der Waals surface area contributed by atoms with E-state index in [-0.39, 0.29) is 24.8 Å². The molecule has 1 aliphatic rings. The molecule has 1 fully saturated rings. The summed E-state index contributed by atoms with van der Waals surface area (Å²) >= 11 is 0. The van der Waals surface area contributed by atoms with Crippen LogP contribution in [0, 0.1) is 0 Å². The SMILES string of the molecule is CC(c1ccc2nccnc2c1)N1CCNCC1.Cl.Cl. The van der Waals surface area contributed by atoms with Gasteiger partial charge in [0.05, 0.1) is 11.0 Å². The molecule has 1 atom stereocenters. The summed E-state index contributed by atoms with van der Waals surface area (Å²) < 4.78 is 0. The average Bonchev–Trinajstić information content (AvgIpc) is 2.47. The standard InChI is InChI=1S/C14H18N4.2ClH/c1-11(18-8-6-15-7-9-18)12-2-3-13-14(10-12)17-5-4-16-13;;/h2-5,10-11,15H,6-9H2,1H3;2*1H. The van der Waals surface area contributed by atoms with Crippen LogP contribution >= 0.6 is 24.8 Å². The van der Waals surface area contributed by atoms with E-state index in [1.54, 1.807) is 12.4 Å². The topological polar surface area (TPSA) is 41.1 Å². The largest absolute Gasteiger partial charge is 0.314 e. The van der Waals surface area contributed by atoms with Crippen LogP contribution in [0.1, 0.15) is 18.5 Å². The smallest absolute Gasteiger partial charge is 0.0890 e. The number of rotatable bonds is 2. The van der Waals surface area contributed by atoms with Crippen molar-refractivity contribution in [2.45, 2.75) is 13.0 Å². The van der Waals surface area contributed by atoms with Gasteiger partial charge in [-0.15, -0.1) is 24.8 Å². The van der Waals surface area contributed by atoms with Gasteiger partial charge in [0.2, 0.25) is 0 Å². The summed E-state index contributed by atoms with van der Waals surface area (Å²) in [6, 6.07) is 6.84. The number of halogens is 2. The summed E-state index contributed by atoms with van der Waals surface area (Å²) in [4.78, 5) is 11.2. The van der Waals surface area contributed by atoms with Gasteiger partial charge in [-0.1, -0.05) is 6.07 Å². The molecule has 0 saturated carbocycles. The van der Waals surface area contributed by atoms with E-state index in [1.165, 1.54) is 5.56 Å². The summed E-state index contributed by atoms with van der Waals surface area (Å²) in [6.45, 7) is 6.65. The predicted molar refractivity (Wildman–Crippen MR) is 86.9 cm³/mol. The van der Waals surface area contributed by atoms with Crippen LogP contribution in [0.25, 0.3) is 11.0 Å². The van der Waals surface area contributed by atoms with Gasteiger partial charge in [0, 0.05) is 44.6 Å². The van der Waals surface area contributed by atoms with Crippen LogP contribution in [0.3, 0.4) is 0 Å². The summed E-state index contributed by atoms with van der Waals surface area (Å²) in [6.07, 6.45) is 3.49. The molecule has 110 valence electrons. The maximum absolute atomic E-state index is 4.38. The van der Waals surface area contributed by atoms with Crippen molar-refractivity contribution >= 4 is 35.8 Å². The normalized spacial score (nSPS) is 17.1. The zero-order valence-electron chi connectivity index (χ0n) is 11.5. The van der Waals surface area contributed by atoms with Gasteiger partial charge in [0.25, 0.3) is 0 Å². The van der Waals surface area contributed by atoms with Crippen LogP contribution in [0.15, 0.2) is 30.6 Å². The lowest BCUT2D eigenvalue weighted by atomic mass is 10.1. The van der Waals surface area contributed by atoms with Gasteiger partial charge in [-0.05, 0) is 24.6 Å². The minimum absolute atomic E-state index is 0. The minimum atomic E-state index is 0. The molecular formula is C14H20Cl2N4. The Balaban J connectivity index is 0.000001000. The van der Waals surface area contributed by atoms with Gasteiger partial charge in [-0.3, -0.25) is 14.9 Å². The Hall–Kier alpha value is -0.940. The van der Waals surface area contributed by atoms with E-state index in [0.717, 1.165) is 37.2 Å². The Morgan fingerprint density at radius 3 is 2.40 bits per heavy atom. The molecule has 4 nitrogen and oxygen atoms in total. The van der Waals surface area contributed by atoms with Gasteiger partial charge in [-0.25, -0.2) is 0 Å². The van der Waals surface area contributed by atoms with Gasteiger partial charge < -0.3 is 5.32 Å². The third-order valence-corrected chi connectivity index (χ3v) is 3.68. The van der Waals surface area contributed by atoms with Crippen molar-refractivity contribution in [1.29, 1.82) is 0 Å². The van der Waals surface area contributed by atoms with E-state index in [1.807, 2.05) is 0 Å². The number of aromatic nitrogens is 2. The van der Waals surface area contributed by atoms with E-state index in [0.29, 0.717) is 6.04 Å². The zero-order valence-corrected chi connectivity index (χ0v) is 13.1. The molecule has 1 aromatic carbocycles. The van der Waals surface area contributed by atoms with Crippen molar-refractivity contribution in [2.24, 2.45) is 0 Å². The molecule has 1 aliphatic heterocycles. The first-order valence-corrected chi connectivity index (χ1v) is 6.50. The zero-order chi connectivity index (χ0) is 12.4. The van der Waals surface area contributed by atoms with Crippen molar-refractivity contribution in [1.82, 2.24) is 20.2 Å². The monoisotopic (exact) mass is 314 g/mol. The lowest BCUT2D eigenvalue weighted by Crippen LogP contribution is -2.44. The molecule has 2 heterocycles. The third-order valence-electron chi connectivity index (χ3n) is 3.68. The molecule has 0 aliphatic carbocycles. The minimum Gasteiger partial charge on any atom is -0.314 e. The molecule has 1 N–H and O–H groups in total. The highest BCUT2D eigenvalue weighted by atomic mass is 35.5. The molecule has 0 amide bonds. The molecule has 1 unspecified atom stereocenters. The summed E-state index contributed by atoms with van der Waals surface area (Å²) in [5, 5.41) is 3.39. The number of benzene rings is 1. The van der Waals surface area contributed by atoms with Gasteiger partial charge >= 0.3 is 0 Å². The summed E-state index contributed by atoms with van der Waals surface area (Å²) in [7, 11) is 0. The fourth-order valence-corrected chi connectivity index (χ4v) is 2.52. The second-order valence-corrected chi connectivity index (χ2v) is 4.77. The van der Waals surface area contributed by atoms with Crippen LogP contribution in [-0.4, -0.2) is 41.0 Å². The Bertz CT molecular complexity index is 543. The predicted octanol–water partition coefficient (Wildman–Crippen LogP) is 2.44. The Labute approximate surface area is 131 Å². The Morgan fingerprint density at radius 2 is 1.70 bits per heavy atom. The van der Waals surface area contributed by atoms with Crippen molar-refractivity contribution < 1.29 is 0 Å². The van der Waals surface area contributed by atoms with E-state index in [2.05, 4.69) is 45.3 Å². The van der Waals surface area contributed by atoms with Crippen molar-refractivity contribution in [2.75, 3.05) is 26.2 Å². The number of piperazine rings is 1. The number of fused-ring (bicyclic) bond motifs is 1. The average molecular weight is 315 g/mol. The highest BCUT2D eigenvalue weighted by Gasteiger charge is 2.18. The lowest BCUT2D eigenvalue weighted by molar-refractivity contribution is 0.185. The number of hydrogen-bond donors (Lipinski definition) is 1.